The lowest BCUT2D eigenvalue weighted by molar-refractivity contribution is 0.566. The van der Waals surface area contributed by atoms with Crippen LogP contribution in [-0.4, -0.2) is 18.1 Å². The predicted molar refractivity (Wildman–Crippen MR) is 86.8 cm³/mol. The minimum Gasteiger partial charge on any atom is -0.445 e. The Morgan fingerprint density at radius 2 is 2.00 bits per heavy atom. The van der Waals surface area contributed by atoms with E-state index in [1.165, 1.54) is 11.3 Å². The summed E-state index contributed by atoms with van der Waals surface area (Å²) in [7, 11) is 0. The van der Waals surface area contributed by atoms with Crippen LogP contribution in [0.3, 0.4) is 0 Å². The second kappa shape index (κ2) is 5.63. The quantitative estimate of drug-likeness (QED) is 0.795. The zero-order valence-electron chi connectivity index (χ0n) is 11.5. The molecule has 3 rings (SSSR count). The first-order chi connectivity index (χ1) is 9.78. The van der Waals surface area contributed by atoms with Crippen molar-refractivity contribution in [3.63, 3.8) is 0 Å². The fourth-order valence-electron chi connectivity index (χ4n) is 2.58. The first kappa shape index (κ1) is 13.1. The number of hydrogen-bond donors (Lipinski definition) is 0. The van der Waals surface area contributed by atoms with Crippen molar-refractivity contribution in [2.24, 2.45) is 0 Å². The molecular weight excluding hydrogens is 266 g/mol. The van der Waals surface area contributed by atoms with Crippen molar-refractivity contribution in [1.29, 1.82) is 0 Å². The van der Waals surface area contributed by atoms with E-state index in [1.54, 1.807) is 0 Å². The fraction of sp³-hybridized carbons (Fsp3) is 0.235. The van der Waals surface area contributed by atoms with Gasteiger partial charge >= 0.3 is 0 Å². The highest BCUT2D eigenvalue weighted by Crippen LogP contribution is 2.31. The number of benzene rings is 2. The van der Waals surface area contributed by atoms with Crippen LogP contribution in [0.25, 0.3) is 0 Å². The van der Waals surface area contributed by atoms with Gasteiger partial charge in [0, 0.05) is 24.3 Å². The van der Waals surface area contributed by atoms with Gasteiger partial charge < -0.3 is 9.64 Å². The second-order valence-corrected chi connectivity index (χ2v) is 5.25. The van der Waals surface area contributed by atoms with E-state index in [2.05, 4.69) is 24.0 Å². The molecule has 0 spiro atoms. The molecule has 0 unspecified atom stereocenters. The molecule has 0 radical (unpaired) electrons. The maximum atomic E-state index is 5.81. The van der Waals surface area contributed by atoms with Crippen LogP contribution in [0, 0.1) is 0 Å². The Morgan fingerprint density at radius 1 is 1.20 bits per heavy atom. The van der Waals surface area contributed by atoms with Gasteiger partial charge in [0.15, 0.2) is 5.05 Å². The Labute approximate surface area is 125 Å². The summed E-state index contributed by atoms with van der Waals surface area (Å²) in [5.74, 6) is 0.829. The molecule has 102 valence electrons. The van der Waals surface area contributed by atoms with Crippen LogP contribution in [-0.2, 0) is 6.42 Å². The number of anilines is 1. The number of ether oxygens (including phenoxy) is 1. The minimum absolute atomic E-state index is 0.524. The van der Waals surface area contributed by atoms with Crippen LogP contribution in [0.1, 0.15) is 18.1 Å². The maximum absolute atomic E-state index is 5.81. The number of hydrogen-bond acceptors (Lipinski definition) is 3. The van der Waals surface area contributed by atoms with E-state index < -0.39 is 0 Å². The Kier molecular flexibility index (Phi) is 3.70. The van der Waals surface area contributed by atoms with Crippen LogP contribution in [0.4, 0.5) is 5.69 Å². The van der Waals surface area contributed by atoms with Gasteiger partial charge in [-0.2, -0.15) is 0 Å². The van der Waals surface area contributed by atoms with Gasteiger partial charge in [0.25, 0.3) is 0 Å². The highest BCUT2D eigenvalue weighted by Gasteiger charge is 2.18. The summed E-state index contributed by atoms with van der Waals surface area (Å²) >= 11 is 5.34. The molecule has 0 bridgehead atoms. The molecule has 0 N–H and O–H groups in total. The summed E-state index contributed by atoms with van der Waals surface area (Å²) in [5, 5.41) is 0.524. The number of fused-ring (bicyclic) bond motifs is 1. The second-order valence-electron chi connectivity index (χ2n) is 4.88. The number of likely N-dealkylation sites (N-methyl/N-ethyl adjacent to an activating group) is 1. The molecule has 1 aliphatic rings. The highest BCUT2D eigenvalue weighted by atomic mass is 32.1. The summed E-state index contributed by atoms with van der Waals surface area (Å²) < 4.78 is 5.81. The average Bonchev–Trinajstić information content (AvgIpc) is 2.90. The van der Waals surface area contributed by atoms with E-state index in [0.29, 0.717) is 5.05 Å². The highest BCUT2D eigenvalue weighted by molar-refractivity contribution is 7.80. The Morgan fingerprint density at radius 3 is 2.75 bits per heavy atom. The first-order valence-corrected chi connectivity index (χ1v) is 7.34. The van der Waals surface area contributed by atoms with Crippen molar-refractivity contribution in [3.8, 4) is 5.75 Å². The van der Waals surface area contributed by atoms with Gasteiger partial charge in [-0.05, 0) is 49.3 Å². The van der Waals surface area contributed by atoms with E-state index in [-0.39, 0.29) is 0 Å². The van der Waals surface area contributed by atoms with Crippen LogP contribution < -0.4 is 9.64 Å². The van der Waals surface area contributed by atoms with Crippen LogP contribution in [0.2, 0.25) is 0 Å². The summed E-state index contributed by atoms with van der Waals surface area (Å²) in [6.45, 7) is 4.33. The molecule has 2 aromatic rings. The molecule has 0 fully saturated rings. The molecular formula is C17H17NOS. The van der Waals surface area contributed by atoms with Crippen molar-refractivity contribution in [3.05, 3.63) is 59.7 Å². The lowest BCUT2D eigenvalue weighted by atomic mass is 10.1. The molecule has 2 nitrogen and oxygen atoms in total. The fourth-order valence-corrected chi connectivity index (χ4v) is 2.81. The third kappa shape index (κ3) is 2.54. The third-order valence-electron chi connectivity index (χ3n) is 3.64. The molecule has 0 aromatic heterocycles. The summed E-state index contributed by atoms with van der Waals surface area (Å²) in [6, 6.07) is 16.1. The third-order valence-corrected chi connectivity index (χ3v) is 3.96. The van der Waals surface area contributed by atoms with Crippen molar-refractivity contribution in [1.82, 2.24) is 0 Å². The molecule has 0 saturated heterocycles. The van der Waals surface area contributed by atoms with Crippen molar-refractivity contribution < 1.29 is 4.74 Å². The lowest BCUT2D eigenvalue weighted by Gasteiger charge is -2.16. The van der Waals surface area contributed by atoms with Crippen molar-refractivity contribution >= 4 is 23.0 Å². The first-order valence-electron chi connectivity index (χ1n) is 6.93. The van der Waals surface area contributed by atoms with E-state index in [0.717, 1.165) is 30.8 Å². The Hall–Kier alpha value is -1.87. The summed E-state index contributed by atoms with van der Waals surface area (Å²) in [5.41, 5.74) is 3.61. The molecule has 0 aliphatic carbocycles. The summed E-state index contributed by atoms with van der Waals surface area (Å²) in [6.07, 6.45) is 1.08. The maximum Gasteiger partial charge on any atom is 0.198 e. The van der Waals surface area contributed by atoms with Gasteiger partial charge in [0.1, 0.15) is 5.75 Å². The molecule has 0 amide bonds. The zero-order chi connectivity index (χ0) is 13.9. The topological polar surface area (TPSA) is 12.5 Å². The number of nitrogens with zero attached hydrogens (tertiary/aromatic N) is 1. The van der Waals surface area contributed by atoms with E-state index in [4.69, 9.17) is 17.0 Å². The van der Waals surface area contributed by atoms with Gasteiger partial charge in [-0.1, -0.05) is 30.3 Å². The van der Waals surface area contributed by atoms with Crippen molar-refractivity contribution in [2.75, 3.05) is 18.0 Å². The predicted octanol–water partition coefficient (Wildman–Crippen LogP) is 3.82. The number of thiocarbonyl (C=S) groups is 1. The van der Waals surface area contributed by atoms with E-state index in [9.17, 15) is 0 Å². The van der Waals surface area contributed by atoms with Crippen molar-refractivity contribution in [2.45, 2.75) is 13.3 Å². The van der Waals surface area contributed by atoms with Crippen LogP contribution >= 0.6 is 12.2 Å². The monoisotopic (exact) mass is 283 g/mol. The lowest BCUT2D eigenvalue weighted by Crippen LogP contribution is -2.19. The molecule has 0 atom stereocenters. The molecule has 2 aromatic carbocycles. The van der Waals surface area contributed by atoms with E-state index >= 15 is 0 Å². The number of rotatable bonds is 3. The standard InChI is InChI=1S/C17H17NOS/c1-2-18-11-10-14-12-15(8-9-16(14)18)19-17(20)13-6-4-3-5-7-13/h3-9,12H,2,10-11H2,1H3. The summed E-state index contributed by atoms with van der Waals surface area (Å²) in [4.78, 5) is 2.38. The van der Waals surface area contributed by atoms with Gasteiger partial charge in [-0.25, -0.2) is 0 Å². The normalized spacial score (nSPS) is 13.2. The molecule has 20 heavy (non-hydrogen) atoms. The van der Waals surface area contributed by atoms with Gasteiger partial charge in [-0.15, -0.1) is 0 Å². The van der Waals surface area contributed by atoms with Crippen LogP contribution in [0.5, 0.6) is 5.75 Å². The SMILES string of the molecule is CCN1CCc2cc(OC(=S)c3ccccc3)ccc21. The van der Waals surface area contributed by atoms with Crippen LogP contribution in [0.15, 0.2) is 48.5 Å². The zero-order valence-corrected chi connectivity index (χ0v) is 12.3. The Bertz CT molecular complexity index is 624. The van der Waals surface area contributed by atoms with Gasteiger partial charge in [-0.3, -0.25) is 0 Å². The molecule has 3 heteroatoms. The van der Waals surface area contributed by atoms with Gasteiger partial charge in [0.05, 0.1) is 0 Å². The average molecular weight is 283 g/mol. The molecule has 0 saturated carbocycles. The minimum atomic E-state index is 0.524. The van der Waals surface area contributed by atoms with Gasteiger partial charge in [0.2, 0.25) is 0 Å². The molecule has 1 heterocycles. The largest absolute Gasteiger partial charge is 0.445 e. The molecule has 1 aliphatic heterocycles. The smallest absolute Gasteiger partial charge is 0.198 e. The Balaban J connectivity index is 1.78. The van der Waals surface area contributed by atoms with E-state index in [1.807, 2.05) is 36.4 Å².